The van der Waals surface area contributed by atoms with Crippen molar-refractivity contribution in [3.63, 3.8) is 0 Å². The molecule has 2 aromatic heterocycles. The van der Waals surface area contributed by atoms with Gasteiger partial charge in [-0.05, 0) is 77.0 Å². The summed E-state index contributed by atoms with van der Waals surface area (Å²) < 4.78 is 1.12. The highest BCUT2D eigenvalue weighted by molar-refractivity contribution is 14.1. The Labute approximate surface area is 235 Å². The number of hydrogen-bond acceptors (Lipinski definition) is 6. The molecule has 2 amide bonds. The zero-order valence-corrected chi connectivity index (χ0v) is 23.7. The van der Waals surface area contributed by atoms with Crippen LogP contribution in [-0.2, 0) is 4.79 Å². The molecule has 0 saturated carbocycles. The number of hydrogen-bond donors (Lipinski definition) is 1. The molecule has 1 N–H and O–H groups in total. The summed E-state index contributed by atoms with van der Waals surface area (Å²) in [5, 5.41) is 3.81. The number of pyridine rings is 1. The van der Waals surface area contributed by atoms with Crippen molar-refractivity contribution >= 4 is 56.8 Å². The minimum atomic E-state index is -0.369. The average molecular weight is 620 g/mol. The Kier molecular flexibility index (Phi) is 7.55. The molecule has 194 valence electrons. The topological polar surface area (TPSA) is 91.3 Å². The minimum absolute atomic E-state index is 0.00759. The van der Waals surface area contributed by atoms with Gasteiger partial charge in [0.15, 0.2) is 0 Å². The van der Waals surface area contributed by atoms with Gasteiger partial charge in [0, 0.05) is 58.7 Å². The standard InChI is InChI=1S/C29H29IN6O2/c1-18(2)29(38)35(3)24-11-12-36(17-24)26-10-7-20-14-23(8-9-25(20)34-26)33-28(37)27-31-15-21(16-32-27)19-5-4-6-22(30)13-19/h4-10,13-16,18,24H,11-12,17H2,1-3H3,(H,33,37)/t24-/m1/s1. The Bertz CT molecular complexity index is 1490. The normalized spacial score (nSPS) is 15.2. The molecular weight excluding hydrogens is 591 g/mol. The van der Waals surface area contributed by atoms with Crippen molar-refractivity contribution in [2.75, 3.05) is 30.4 Å². The van der Waals surface area contributed by atoms with Gasteiger partial charge in [-0.3, -0.25) is 9.59 Å². The van der Waals surface area contributed by atoms with Crippen LogP contribution in [0.2, 0.25) is 0 Å². The summed E-state index contributed by atoms with van der Waals surface area (Å²) in [6.07, 6.45) is 4.25. The number of nitrogens with one attached hydrogen (secondary N) is 1. The molecule has 38 heavy (non-hydrogen) atoms. The highest BCUT2D eigenvalue weighted by Gasteiger charge is 2.30. The van der Waals surface area contributed by atoms with E-state index in [9.17, 15) is 9.59 Å². The first-order chi connectivity index (χ1) is 18.3. The molecule has 1 saturated heterocycles. The summed E-state index contributed by atoms with van der Waals surface area (Å²) in [6, 6.07) is 17.8. The lowest BCUT2D eigenvalue weighted by Gasteiger charge is -2.26. The Morgan fingerprint density at radius 2 is 1.84 bits per heavy atom. The predicted molar refractivity (Wildman–Crippen MR) is 158 cm³/mol. The number of carbonyl (C=O) groups is 2. The van der Waals surface area contributed by atoms with Gasteiger partial charge in [0.2, 0.25) is 11.7 Å². The lowest BCUT2D eigenvalue weighted by molar-refractivity contribution is -0.134. The zero-order valence-electron chi connectivity index (χ0n) is 21.6. The molecule has 2 aromatic carbocycles. The van der Waals surface area contributed by atoms with E-state index in [1.165, 1.54) is 0 Å². The first kappa shape index (κ1) is 26.0. The van der Waals surface area contributed by atoms with E-state index in [2.05, 4.69) is 42.8 Å². The van der Waals surface area contributed by atoms with Gasteiger partial charge >= 0.3 is 0 Å². The number of benzene rings is 2. The van der Waals surface area contributed by atoms with E-state index in [1.54, 1.807) is 12.4 Å². The first-order valence-corrected chi connectivity index (χ1v) is 13.7. The molecule has 0 unspecified atom stereocenters. The lowest BCUT2D eigenvalue weighted by Crippen LogP contribution is -2.41. The molecule has 1 aliphatic rings. The number of amides is 2. The van der Waals surface area contributed by atoms with E-state index in [-0.39, 0.29) is 29.6 Å². The quantitative estimate of drug-likeness (QED) is 0.297. The number of carbonyl (C=O) groups excluding carboxylic acids is 2. The number of rotatable bonds is 6. The largest absolute Gasteiger partial charge is 0.354 e. The zero-order chi connectivity index (χ0) is 26.8. The van der Waals surface area contributed by atoms with Gasteiger partial charge in [-0.1, -0.05) is 26.0 Å². The maximum atomic E-state index is 12.8. The van der Waals surface area contributed by atoms with Crippen LogP contribution < -0.4 is 10.2 Å². The van der Waals surface area contributed by atoms with Crippen LogP contribution in [0, 0.1) is 9.49 Å². The molecule has 4 aromatic rings. The number of fused-ring (bicyclic) bond motifs is 1. The van der Waals surface area contributed by atoms with Crippen LogP contribution in [0.1, 0.15) is 30.9 Å². The fourth-order valence-electron chi connectivity index (χ4n) is 4.67. The molecule has 1 fully saturated rings. The second kappa shape index (κ2) is 11.0. The van der Waals surface area contributed by atoms with Crippen molar-refractivity contribution in [2.45, 2.75) is 26.3 Å². The van der Waals surface area contributed by atoms with Crippen LogP contribution in [0.4, 0.5) is 11.5 Å². The Hall–Kier alpha value is -3.60. The summed E-state index contributed by atoms with van der Waals surface area (Å²) in [6.45, 7) is 5.49. The van der Waals surface area contributed by atoms with Crippen molar-refractivity contribution in [2.24, 2.45) is 5.92 Å². The maximum absolute atomic E-state index is 12.8. The SMILES string of the molecule is CC(C)C(=O)N(C)[C@@H]1CCN(c2ccc3cc(NC(=O)c4ncc(-c5cccc(I)c5)cn4)ccc3n2)C1. The Morgan fingerprint density at radius 1 is 1.05 bits per heavy atom. The molecular formula is C29H29IN6O2. The maximum Gasteiger partial charge on any atom is 0.293 e. The van der Waals surface area contributed by atoms with Crippen molar-refractivity contribution in [3.05, 3.63) is 76.4 Å². The van der Waals surface area contributed by atoms with E-state index >= 15 is 0 Å². The number of halogens is 1. The molecule has 0 spiro atoms. The minimum Gasteiger partial charge on any atom is -0.354 e. The molecule has 1 atom stereocenters. The lowest BCUT2D eigenvalue weighted by atomic mass is 10.1. The number of anilines is 2. The molecule has 0 radical (unpaired) electrons. The van der Waals surface area contributed by atoms with Crippen LogP contribution in [0.15, 0.2) is 67.0 Å². The summed E-state index contributed by atoms with van der Waals surface area (Å²) >= 11 is 2.26. The summed E-state index contributed by atoms with van der Waals surface area (Å²) in [4.78, 5) is 42.6. The van der Waals surface area contributed by atoms with Crippen molar-refractivity contribution in [1.82, 2.24) is 19.9 Å². The van der Waals surface area contributed by atoms with Gasteiger partial charge < -0.3 is 15.1 Å². The second-order valence-electron chi connectivity index (χ2n) is 9.83. The summed E-state index contributed by atoms with van der Waals surface area (Å²) in [5.41, 5.74) is 3.35. The fraction of sp³-hybridized carbons (Fsp3) is 0.276. The van der Waals surface area contributed by atoms with E-state index < -0.39 is 0 Å². The third-order valence-electron chi connectivity index (χ3n) is 6.82. The van der Waals surface area contributed by atoms with Crippen molar-refractivity contribution < 1.29 is 9.59 Å². The van der Waals surface area contributed by atoms with Crippen LogP contribution in [-0.4, -0.2) is 57.8 Å². The van der Waals surface area contributed by atoms with Crippen LogP contribution in [0.3, 0.4) is 0 Å². The molecule has 9 heteroatoms. The van der Waals surface area contributed by atoms with E-state index in [1.807, 2.05) is 80.4 Å². The van der Waals surface area contributed by atoms with Crippen molar-refractivity contribution in [1.29, 1.82) is 0 Å². The van der Waals surface area contributed by atoms with Gasteiger partial charge in [0.1, 0.15) is 5.82 Å². The molecule has 3 heterocycles. The van der Waals surface area contributed by atoms with E-state index in [0.717, 1.165) is 50.9 Å². The van der Waals surface area contributed by atoms with Crippen LogP contribution >= 0.6 is 22.6 Å². The molecule has 8 nitrogen and oxygen atoms in total. The summed E-state index contributed by atoms with van der Waals surface area (Å²) in [5.74, 6) is 0.796. The second-order valence-corrected chi connectivity index (χ2v) is 11.1. The third kappa shape index (κ3) is 5.62. The van der Waals surface area contributed by atoms with Crippen LogP contribution in [0.25, 0.3) is 22.0 Å². The van der Waals surface area contributed by atoms with Crippen LogP contribution in [0.5, 0.6) is 0 Å². The monoisotopic (exact) mass is 620 g/mol. The highest BCUT2D eigenvalue weighted by Crippen LogP contribution is 2.26. The molecule has 5 rings (SSSR count). The van der Waals surface area contributed by atoms with Gasteiger partial charge in [-0.15, -0.1) is 0 Å². The smallest absolute Gasteiger partial charge is 0.293 e. The number of likely N-dealkylation sites (N-methyl/N-ethyl adjacent to an activating group) is 1. The molecule has 0 aliphatic carbocycles. The highest BCUT2D eigenvalue weighted by atomic mass is 127. The van der Waals surface area contributed by atoms with Gasteiger partial charge in [-0.25, -0.2) is 15.0 Å². The van der Waals surface area contributed by atoms with Gasteiger partial charge in [-0.2, -0.15) is 0 Å². The Balaban J connectivity index is 1.25. The van der Waals surface area contributed by atoms with E-state index in [0.29, 0.717) is 5.69 Å². The number of aromatic nitrogens is 3. The average Bonchev–Trinajstić information content (AvgIpc) is 3.42. The molecule has 0 bridgehead atoms. The number of nitrogens with zero attached hydrogens (tertiary/aromatic N) is 5. The molecule has 1 aliphatic heterocycles. The van der Waals surface area contributed by atoms with Gasteiger partial charge in [0.25, 0.3) is 5.91 Å². The Morgan fingerprint density at radius 3 is 2.58 bits per heavy atom. The third-order valence-corrected chi connectivity index (χ3v) is 7.49. The van der Waals surface area contributed by atoms with Crippen molar-refractivity contribution in [3.8, 4) is 11.1 Å². The van der Waals surface area contributed by atoms with E-state index in [4.69, 9.17) is 4.98 Å². The predicted octanol–water partition coefficient (Wildman–Crippen LogP) is 5.24. The van der Waals surface area contributed by atoms with Gasteiger partial charge in [0.05, 0.1) is 11.6 Å². The summed E-state index contributed by atoms with van der Waals surface area (Å²) in [7, 11) is 1.89. The fourth-order valence-corrected chi connectivity index (χ4v) is 5.21. The first-order valence-electron chi connectivity index (χ1n) is 12.6.